The zero-order chi connectivity index (χ0) is 29.3. The minimum atomic E-state index is -0.800. The van der Waals surface area contributed by atoms with Gasteiger partial charge >= 0.3 is 5.97 Å². The molecule has 0 amide bonds. The molecule has 210 valence electrons. The highest BCUT2D eigenvalue weighted by Gasteiger charge is 2.34. The number of ether oxygens (including phenoxy) is 2. The third-order valence-electron chi connectivity index (χ3n) is 6.34. The number of carbonyl (C=O) groups excluding carboxylic acids is 1. The molecule has 1 aliphatic rings. The van der Waals surface area contributed by atoms with Gasteiger partial charge in [0.25, 0.3) is 5.56 Å². The molecule has 1 aliphatic heterocycles. The molecule has 11 heteroatoms. The lowest BCUT2D eigenvalue weighted by Crippen LogP contribution is -2.40. The van der Waals surface area contributed by atoms with Gasteiger partial charge in [-0.05, 0) is 107 Å². The van der Waals surface area contributed by atoms with Crippen LogP contribution in [0.15, 0.2) is 81.7 Å². The number of thiazole rings is 1. The molecule has 1 aromatic heterocycles. The topological polar surface area (TPSA) is 69.9 Å². The molecule has 0 N–H and O–H groups in total. The number of hydrogen-bond acceptors (Lipinski definition) is 6. The number of fused-ring (bicyclic) bond motifs is 1. The molecular weight excluding hydrogens is 793 g/mol. The van der Waals surface area contributed by atoms with Crippen molar-refractivity contribution in [2.75, 3.05) is 6.61 Å². The quantitative estimate of drug-likeness (QED) is 0.161. The Kier molecular flexibility index (Phi) is 9.31. The summed E-state index contributed by atoms with van der Waals surface area (Å²) in [7, 11) is 0. The lowest BCUT2D eigenvalue weighted by molar-refractivity contribution is -0.139. The summed E-state index contributed by atoms with van der Waals surface area (Å²) in [6.45, 7) is 3.87. The Hall–Kier alpha value is -2.55. The number of allylic oxidation sites excluding steroid dienone is 1. The Labute approximate surface area is 271 Å². The maximum Gasteiger partial charge on any atom is 0.338 e. The molecule has 0 saturated carbocycles. The van der Waals surface area contributed by atoms with Crippen LogP contribution in [-0.4, -0.2) is 17.1 Å². The normalized spacial score (nSPS) is 15.0. The van der Waals surface area contributed by atoms with Crippen molar-refractivity contribution in [3.05, 3.63) is 126 Å². The summed E-state index contributed by atoms with van der Waals surface area (Å²) in [6, 6.07) is 16.4. The van der Waals surface area contributed by atoms with E-state index in [0.717, 1.165) is 12.7 Å². The fraction of sp³-hybridized carbons (Fsp3) is 0.167. The van der Waals surface area contributed by atoms with Crippen molar-refractivity contribution in [1.29, 1.82) is 0 Å². The highest BCUT2D eigenvalue weighted by Crippen LogP contribution is 2.35. The van der Waals surface area contributed by atoms with Gasteiger partial charge in [0, 0.05) is 14.2 Å². The molecule has 1 atom stereocenters. The second-order valence-corrected chi connectivity index (χ2v) is 12.9. The van der Waals surface area contributed by atoms with Gasteiger partial charge in [-0.15, -0.1) is 0 Å². The molecule has 0 bridgehead atoms. The number of aromatic nitrogens is 1. The van der Waals surface area contributed by atoms with Gasteiger partial charge in [0.05, 0.1) is 26.0 Å². The fourth-order valence-corrected chi connectivity index (χ4v) is 7.82. The van der Waals surface area contributed by atoms with E-state index < -0.39 is 12.0 Å². The number of benzene rings is 3. The van der Waals surface area contributed by atoms with Gasteiger partial charge in [0.2, 0.25) is 0 Å². The summed E-state index contributed by atoms with van der Waals surface area (Å²) < 4.78 is 28.7. The Morgan fingerprint density at radius 3 is 2.61 bits per heavy atom. The van der Waals surface area contributed by atoms with Crippen LogP contribution in [0.1, 0.15) is 36.6 Å². The molecule has 0 radical (unpaired) electrons. The van der Waals surface area contributed by atoms with Gasteiger partial charge in [0.15, 0.2) is 4.80 Å². The average molecular weight is 815 g/mol. The molecule has 4 aromatic rings. The zero-order valence-electron chi connectivity index (χ0n) is 21.8. The van der Waals surface area contributed by atoms with Crippen LogP contribution in [0.4, 0.5) is 4.39 Å². The lowest BCUT2D eigenvalue weighted by Gasteiger charge is -2.25. The van der Waals surface area contributed by atoms with Gasteiger partial charge in [-0.1, -0.05) is 53.3 Å². The molecule has 3 aromatic carbocycles. The van der Waals surface area contributed by atoms with E-state index in [2.05, 4.69) is 50.2 Å². The van der Waals surface area contributed by atoms with E-state index in [1.54, 1.807) is 50.3 Å². The Morgan fingerprint density at radius 1 is 1.17 bits per heavy atom. The molecule has 41 heavy (non-hydrogen) atoms. The number of halogens is 4. The van der Waals surface area contributed by atoms with Crippen LogP contribution in [-0.2, 0) is 16.1 Å². The molecule has 0 saturated heterocycles. The van der Waals surface area contributed by atoms with Crippen LogP contribution in [0.5, 0.6) is 5.75 Å². The highest BCUT2D eigenvalue weighted by molar-refractivity contribution is 14.1. The van der Waals surface area contributed by atoms with Crippen LogP contribution in [0.25, 0.3) is 6.08 Å². The third-order valence-corrected chi connectivity index (χ3v) is 9.09. The fourth-order valence-electron chi connectivity index (χ4n) is 4.50. The molecular formula is C30H22ClFI2N2O4S. The number of rotatable bonds is 7. The maximum atomic E-state index is 14.0. The van der Waals surface area contributed by atoms with Crippen molar-refractivity contribution in [2.45, 2.75) is 26.5 Å². The standard InChI is InChI=1S/C30H22ClFI2N2O4S/c1-3-39-29(38)25-16(2)35-30-36(26(25)21-6-4-5-7-22(21)31)28(37)24(41-30)13-18-12-20(33)14-23(34)27(18)40-15-17-8-10-19(32)11-9-17/h4-14,26H,3,15H2,1-2H3/b24-13-/t26-/m0/s1. The van der Waals surface area contributed by atoms with E-state index >= 15 is 0 Å². The van der Waals surface area contributed by atoms with Gasteiger partial charge in [0.1, 0.15) is 24.2 Å². The predicted octanol–water partition coefficient (Wildman–Crippen LogP) is 6.38. The van der Waals surface area contributed by atoms with Crippen molar-refractivity contribution in [1.82, 2.24) is 4.57 Å². The lowest BCUT2D eigenvalue weighted by atomic mass is 9.96. The smallest absolute Gasteiger partial charge is 0.338 e. The molecule has 0 aliphatic carbocycles. The first kappa shape index (κ1) is 29.9. The summed E-state index contributed by atoms with van der Waals surface area (Å²) in [4.78, 5) is 32.2. The second kappa shape index (κ2) is 12.8. The summed E-state index contributed by atoms with van der Waals surface area (Å²) in [5, 5.41) is 0.423. The van der Waals surface area contributed by atoms with Gasteiger partial charge in [-0.3, -0.25) is 9.36 Å². The van der Waals surface area contributed by atoms with Crippen LogP contribution in [0, 0.1) is 13.0 Å². The number of hydrogen-bond donors (Lipinski definition) is 0. The second-order valence-electron chi connectivity index (χ2n) is 9.04. The Morgan fingerprint density at radius 2 is 1.90 bits per heavy atom. The average Bonchev–Trinajstić information content (AvgIpc) is 3.23. The molecule has 6 nitrogen and oxygen atoms in total. The summed E-state index contributed by atoms with van der Waals surface area (Å²) >= 11 is 12.2. The summed E-state index contributed by atoms with van der Waals surface area (Å²) in [5.74, 6) is -0.256. The SMILES string of the molecule is CCOC(=O)C1=C(C)N=c2s/c(=C\c3cc(I)cc(I)c3OCc3ccc(F)cc3)c(=O)n2[C@H]1c1ccccc1Cl. The van der Waals surface area contributed by atoms with E-state index in [0.29, 0.717) is 36.9 Å². The van der Waals surface area contributed by atoms with Gasteiger partial charge in [-0.2, -0.15) is 0 Å². The first-order chi connectivity index (χ1) is 19.7. The van der Waals surface area contributed by atoms with E-state index in [9.17, 15) is 14.0 Å². The number of esters is 1. The molecule has 0 spiro atoms. The van der Waals surface area contributed by atoms with Crippen LogP contribution in [0.3, 0.4) is 0 Å². The maximum absolute atomic E-state index is 14.0. The summed E-state index contributed by atoms with van der Waals surface area (Å²) in [6.07, 6.45) is 1.78. The van der Waals surface area contributed by atoms with Crippen molar-refractivity contribution >= 4 is 80.2 Å². The van der Waals surface area contributed by atoms with E-state index in [1.165, 1.54) is 28.0 Å². The first-order valence-electron chi connectivity index (χ1n) is 12.5. The number of carbonyl (C=O) groups is 1. The molecule has 2 heterocycles. The first-order valence-corrected chi connectivity index (χ1v) is 15.8. The van der Waals surface area contributed by atoms with Crippen LogP contribution < -0.4 is 19.6 Å². The highest BCUT2D eigenvalue weighted by atomic mass is 127. The summed E-state index contributed by atoms with van der Waals surface area (Å²) in [5.41, 5.74) is 2.55. The monoisotopic (exact) mass is 814 g/mol. The zero-order valence-corrected chi connectivity index (χ0v) is 27.7. The number of nitrogens with zero attached hydrogens (tertiary/aromatic N) is 2. The minimum absolute atomic E-state index is 0.182. The van der Waals surface area contributed by atoms with Crippen molar-refractivity contribution in [3.63, 3.8) is 0 Å². The van der Waals surface area contributed by atoms with Crippen molar-refractivity contribution < 1.29 is 18.7 Å². The Balaban J connectivity index is 1.65. The van der Waals surface area contributed by atoms with E-state index in [4.69, 9.17) is 21.1 Å². The third kappa shape index (κ3) is 6.30. The van der Waals surface area contributed by atoms with Gasteiger partial charge in [-0.25, -0.2) is 14.2 Å². The molecule has 0 fully saturated rings. The van der Waals surface area contributed by atoms with Crippen molar-refractivity contribution in [3.8, 4) is 5.75 Å². The predicted molar refractivity (Wildman–Crippen MR) is 174 cm³/mol. The van der Waals surface area contributed by atoms with E-state index in [1.807, 2.05) is 18.2 Å². The van der Waals surface area contributed by atoms with Crippen LogP contribution >= 0.6 is 68.1 Å². The Bertz CT molecular complexity index is 1870. The molecule has 0 unspecified atom stereocenters. The van der Waals surface area contributed by atoms with Crippen LogP contribution in [0.2, 0.25) is 5.02 Å². The van der Waals surface area contributed by atoms with E-state index in [-0.39, 0.29) is 30.2 Å². The molecule has 5 rings (SSSR count). The van der Waals surface area contributed by atoms with Gasteiger partial charge < -0.3 is 9.47 Å². The largest absolute Gasteiger partial charge is 0.487 e. The minimum Gasteiger partial charge on any atom is -0.487 e. The van der Waals surface area contributed by atoms with Crippen molar-refractivity contribution in [2.24, 2.45) is 4.99 Å².